The first kappa shape index (κ1) is 20.5. The van der Waals surface area contributed by atoms with E-state index in [1.54, 1.807) is 18.2 Å². The van der Waals surface area contributed by atoms with Crippen LogP contribution in [-0.4, -0.2) is 36.5 Å². The average molecular weight is 380 g/mol. The molecule has 1 rings (SSSR count). The van der Waals surface area contributed by atoms with E-state index in [2.05, 4.69) is 0 Å². The van der Waals surface area contributed by atoms with Crippen molar-refractivity contribution >= 4 is 41.2 Å². The van der Waals surface area contributed by atoms with E-state index in [1.165, 1.54) is 11.0 Å². The van der Waals surface area contributed by atoms with Crippen molar-refractivity contribution in [2.75, 3.05) is 19.7 Å². The van der Waals surface area contributed by atoms with E-state index in [9.17, 15) is 9.59 Å². The predicted octanol–water partition coefficient (Wildman–Crippen LogP) is 3.21. The second-order valence-corrected chi connectivity index (χ2v) is 5.65. The SMILES string of the molecule is N#CCCN(CCC#N)C(=O)COC(=O)/C=C/c1ccc(Cl)cc1Cl. The Morgan fingerprint density at radius 2 is 1.80 bits per heavy atom. The topological polar surface area (TPSA) is 94.2 Å². The van der Waals surface area contributed by atoms with E-state index in [4.69, 9.17) is 38.5 Å². The lowest BCUT2D eigenvalue weighted by Gasteiger charge is -2.19. The molecule has 0 fully saturated rings. The monoisotopic (exact) mass is 379 g/mol. The maximum Gasteiger partial charge on any atom is 0.331 e. The molecule has 1 amide bonds. The molecule has 1 aromatic rings. The standard InChI is InChI=1S/C17H15Cl2N3O3/c18-14-5-3-13(15(19)11-14)4-6-17(24)25-12-16(23)22(9-1-7-20)10-2-8-21/h3-6,11H,1-2,9-10,12H2/b6-4+. The number of benzene rings is 1. The van der Waals surface area contributed by atoms with Crippen LogP contribution < -0.4 is 0 Å². The summed E-state index contributed by atoms with van der Waals surface area (Å²) in [5.74, 6) is -1.17. The summed E-state index contributed by atoms with van der Waals surface area (Å²) >= 11 is 11.8. The summed E-state index contributed by atoms with van der Waals surface area (Å²) in [6.07, 6.45) is 2.88. The maximum absolute atomic E-state index is 12.0. The Bertz CT molecular complexity index is 718. The van der Waals surface area contributed by atoms with Gasteiger partial charge in [-0.25, -0.2) is 4.79 Å². The summed E-state index contributed by atoms with van der Waals surface area (Å²) in [4.78, 5) is 25.0. The number of hydrogen-bond donors (Lipinski definition) is 0. The van der Waals surface area contributed by atoms with Gasteiger partial charge in [-0.15, -0.1) is 0 Å². The zero-order valence-electron chi connectivity index (χ0n) is 13.2. The molecule has 0 atom stereocenters. The highest BCUT2D eigenvalue weighted by molar-refractivity contribution is 6.35. The number of amides is 1. The molecule has 0 aliphatic rings. The minimum Gasteiger partial charge on any atom is -0.452 e. The van der Waals surface area contributed by atoms with Crippen LogP contribution in [0.15, 0.2) is 24.3 Å². The van der Waals surface area contributed by atoms with Crippen LogP contribution in [0.5, 0.6) is 0 Å². The summed E-state index contributed by atoms with van der Waals surface area (Å²) in [5, 5.41) is 18.0. The van der Waals surface area contributed by atoms with Gasteiger partial charge in [0.05, 0.1) is 25.0 Å². The van der Waals surface area contributed by atoms with E-state index in [1.807, 2.05) is 12.1 Å². The number of nitriles is 2. The molecule has 0 aliphatic carbocycles. The van der Waals surface area contributed by atoms with Gasteiger partial charge >= 0.3 is 5.97 Å². The zero-order valence-corrected chi connectivity index (χ0v) is 14.8. The van der Waals surface area contributed by atoms with Crippen molar-refractivity contribution in [3.8, 4) is 12.1 Å². The molecular formula is C17H15Cl2N3O3. The van der Waals surface area contributed by atoms with Gasteiger partial charge in [-0.05, 0) is 23.8 Å². The van der Waals surface area contributed by atoms with Crippen molar-refractivity contribution in [2.24, 2.45) is 0 Å². The van der Waals surface area contributed by atoms with Crippen molar-refractivity contribution < 1.29 is 14.3 Å². The second-order valence-electron chi connectivity index (χ2n) is 4.80. The van der Waals surface area contributed by atoms with Crippen LogP contribution in [0.1, 0.15) is 18.4 Å². The van der Waals surface area contributed by atoms with E-state index in [0.29, 0.717) is 15.6 Å². The predicted molar refractivity (Wildman–Crippen MR) is 93.5 cm³/mol. The number of nitrogens with zero attached hydrogens (tertiary/aromatic N) is 3. The quantitative estimate of drug-likeness (QED) is 0.510. The Kier molecular flexibility index (Phi) is 9.10. The molecule has 0 unspecified atom stereocenters. The fraction of sp³-hybridized carbons (Fsp3) is 0.294. The summed E-state index contributed by atoms with van der Waals surface area (Å²) in [5.41, 5.74) is 0.582. The second kappa shape index (κ2) is 11.1. The number of ether oxygens (including phenoxy) is 1. The molecule has 8 heteroatoms. The van der Waals surface area contributed by atoms with Crippen LogP contribution in [0, 0.1) is 22.7 Å². The molecule has 0 radical (unpaired) electrons. The van der Waals surface area contributed by atoms with Crippen molar-refractivity contribution in [3.05, 3.63) is 39.9 Å². The molecule has 0 spiro atoms. The molecule has 25 heavy (non-hydrogen) atoms. The van der Waals surface area contributed by atoms with Gasteiger partial charge in [0.2, 0.25) is 0 Å². The van der Waals surface area contributed by atoms with Crippen LogP contribution in [0.3, 0.4) is 0 Å². The smallest absolute Gasteiger partial charge is 0.331 e. The van der Waals surface area contributed by atoms with Crippen LogP contribution in [-0.2, 0) is 14.3 Å². The Labute approximate surface area is 155 Å². The molecule has 0 saturated carbocycles. The molecule has 0 bridgehead atoms. The van der Waals surface area contributed by atoms with Crippen LogP contribution in [0.2, 0.25) is 10.0 Å². The van der Waals surface area contributed by atoms with Crippen molar-refractivity contribution in [1.82, 2.24) is 4.90 Å². The summed E-state index contributed by atoms with van der Waals surface area (Å²) < 4.78 is 4.88. The summed E-state index contributed by atoms with van der Waals surface area (Å²) in [6.45, 7) is -0.0933. The van der Waals surface area contributed by atoms with E-state index >= 15 is 0 Å². The maximum atomic E-state index is 12.0. The van der Waals surface area contributed by atoms with Crippen LogP contribution in [0.4, 0.5) is 0 Å². The van der Waals surface area contributed by atoms with Crippen LogP contribution >= 0.6 is 23.2 Å². The highest BCUT2D eigenvalue weighted by Gasteiger charge is 2.14. The number of hydrogen-bond acceptors (Lipinski definition) is 5. The third kappa shape index (κ3) is 7.71. The first-order valence-electron chi connectivity index (χ1n) is 7.29. The molecule has 130 valence electrons. The molecule has 0 heterocycles. The fourth-order valence-corrected chi connectivity index (χ4v) is 2.27. The van der Waals surface area contributed by atoms with Crippen LogP contribution in [0.25, 0.3) is 6.08 Å². The minimum atomic E-state index is -0.708. The Balaban J connectivity index is 2.55. The number of rotatable bonds is 8. The van der Waals surface area contributed by atoms with E-state index < -0.39 is 18.5 Å². The number of carbonyl (C=O) groups is 2. The van der Waals surface area contributed by atoms with Gasteiger partial charge in [0.15, 0.2) is 6.61 Å². The van der Waals surface area contributed by atoms with Gasteiger partial charge in [0.25, 0.3) is 5.91 Å². The number of halogens is 2. The largest absolute Gasteiger partial charge is 0.452 e. The van der Waals surface area contributed by atoms with Gasteiger partial charge in [-0.3, -0.25) is 4.79 Å². The van der Waals surface area contributed by atoms with Crippen molar-refractivity contribution in [1.29, 1.82) is 10.5 Å². The summed E-state index contributed by atoms with van der Waals surface area (Å²) in [6, 6.07) is 8.66. The lowest BCUT2D eigenvalue weighted by Crippen LogP contribution is -2.36. The summed E-state index contributed by atoms with van der Waals surface area (Å²) in [7, 11) is 0. The third-order valence-electron chi connectivity index (χ3n) is 3.04. The lowest BCUT2D eigenvalue weighted by molar-refractivity contribution is -0.148. The first-order valence-corrected chi connectivity index (χ1v) is 8.05. The zero-order chi connectivity index (χ0) is 18.7. The average Bonchev–Trinajstić information content (AvgIpc) is 2.59. The molecule has 1 aromatic carbocycles. The minimum absolute atomic E-state index is 0.139. The molecule has 0 aromatic heterocycles. The molecule has 0 aliphatic heterocycles. The molecule has 0 saturated heterocycles. The van der Waals surface area contributed by atoms with Gasteiger partial charge in [-0.2, -0.15) is 10.5 Å². The van der Waals surface area contributed by atoms with E-state index in [-0.39, 0.29) is 25.9 Å². The van der Waals surface area contributed by atoms with Crippen molar-refractivity contribution in [2.45, 2.75) is 12.8 Å². The van der Waals surface area contributed by atoms with Gasteiger partial charge in [-0.1, -0.05) is 29.3 Å². The van der Waals surface area contributed by atoms with E-state index in [0.717, 1.165) is 6.08 Å². The highest BCUT2D eigenvalue weighted by atomic mass is 35.5. The number of esters is 1. The molecule has 6 nitrogen and oxygen atoms in total. The van der Waals surface area contributed by atoms with Gasteiger partial charge in [0.1, 0.15) is 0 Å². The van der Waals surface area contributed by atoms with Gasteiger partial charge in [0, 0.05) is 29.2 Å². The lowest BCUT2D eigenvalue weighted by atomic mass is 10.2. The normalized spacial score (nSPS) is 10.1. The molecule has 0 N–H and O–H groups in total. The fourth-order valence-electron chi connectivity index (χ4n) is 1.80. The Hall–Kier alpha value is -2.54. The molecular weight excluding hydrogens is 365 g/mol. The third-order valence-corrected chi connectivity index (χ3v) is 3.60. The number of carbonyl (C=O) groups excluding carboxylic acids is 2. The van der Waals surface area contributed by atoms with Crippen molar-refractivity contribution in [3.63, 3.8) is 0 Å². The highest BCUT2D eigenvalue weighted by Crippen LogP contribution is 2.21. The van der Waals surface area contributed by atoms with Gasteiger partial charge < -0.3 is 9.64 Å². The first-order chi connectivity index (χ1) is 12.0. The Morgan fingerprint density at radius 3 is 2.36 bits per heavy atom. The Morgan fingerprint density at radius 1 is 1.16 bits per heavy atom.